The van der Waals surface area contributed by atoms with E-state index in [9.17, 15) is 9.69 Å². The number of carbonyl (C=O) groups is 1. The van der Waals surface area contributed by atoms with E-state index >= 15 is 0 Å². The minimum absolute atomic E-state index is 0.252. The lowest BCUT2D eigenvalue weighted by Gasteiger charge is -2.14. The van der Waals surface area contributed by atoms with E-state index in [2.05, 4.69) is 5.09 Å². The molecule has 6 heteroatoms. The molecule has 0 spiro atoms. The van der Waals surface area contributed by atoms with Crippen molar-refractivity contribution in [3.8, 4) is 0 Å². The van der Waals surface area contributed by atoms with Gasteiger partial charge in [-0.15, -0.1) is 0 Å². The minimum atomic E-state index is -1.91. The summed E-state index contributed by atoms with van der Waals surface area (Å²) in [6, 6.07) is 8.52. The molecule has 0 heterocycles. The van der Waals surface area contributed by atoms with Crippen LogP contribution in [0.25, 0.3) is 0 Å². The van der Waals surface area contributed by atoms with Crippen LogP contribution in [0.4, 0.5) is 0 Å². The Morgan fingerprint density at radius 2 is 2.12 bits per heavy atom. The number of aliphatic carboxylic acids is 1. The second-order valence-electron chi connectivity index (χ2n) is 3.22. The lowest BCUT2D eigenvalue weighted by molar-refractivity contribution is -0.138. The van der Waals surface area contributed by atoms with E-state index in [-0.39, 0.29) is 6.61 Å². The Morgan fingerprint density at radius 3 is 2.69 bits per heavy atom. The first-order chi connectivity index (χ1) is 7.59. The quantitative estimate of drug-likeness (QED) is 0.659. The average Bonchev–Trinajstić information content (AvgIpc) is 2.27. The van der Waals surface area contributed by atoms with Gasteiger partial charge in [0.15, 0.2) is 0 Å². The van der Waals surface area contributed by atoms with Gasteiger partial charge in [0, 0.05) is 0 Å². The Kier molecular flexibility index (Phi) is 5.35. The third-order valence-corrected chi connectivity index (χ3v) is 2.85. The summed E-state index contributed by atoms with van der Waals surface area (Å²) in [4.78, 5) is 19.9. The molecule has 1 aromatic carbocycles. The van der Waals surface area contributed by atoms with Crippen LogP contribution >= 0.6 is 8.53 Å². The number of hydrogen-bond acceptors (Lipinski definition) is 4. The standard InChI is InChI=1S/C10H14NO4P/c1-8(10(12)13)11-16(14)15-7-9-5-3-2-4-6-9/h2-6,8,11,14H,7H2,1H3,(H,12,13). The van der Waals surface area contributed by atoms with Crippen LogP contribution in [0, 0.1) is 0 Å². The highest BCUT2D eigenvalue weighted by molar-refractivity contribution is 7.43. The zero-order valence-corrected chi connectivity index (χ0v) is 9.72. The molecule has 0 amide bonds. The smallest absolute Gasteiger partial charge is 0.320 e. The zero-order chi connectivity index (χ0) is 12.0. The van der Waals surface area contributed by atoms with E-state index in [1.54, 1.807) is 0 Å². The van der Waals surface area contributed by atoms with Crippen LogP contribution in [0.5, 0.6) is 0 Å². The van der Waals surface area contributed by atoms with Crippen LogP contribution in [0.1, 0.15) is 12.5 Å². The van der Waals surface area contributed by atoms with Crippen molar-refractivity contribution < 1.29 is 19.3 Å². The normalized spacial score (nSPS) is 14.4. The van der Waals surface area contributed by atoms with Crippen LogP contribution in [0.3, 0.4) is 0 Å². The predicted molar refractivity (Wildman–Crippen MR) is 60.6 cm³/mol. The number of carboxylic acid groups (broad SMARTS) is 1. The second kappa shape index (κ2) is 6.55. The van der Waals surface area contributed by atoms with Gasteiger partial charge in [-0.25, -0.2) is 5.09 Å². The highest BCUT2D eigenvalue weighted by Crippen LogP contribution is 2.28. The van der Waals surface area contributed by atoms with Gasteiger partial charge < -0.3 is 14.5 Å². The van der Waals surface area contributed by atoms with Gasteiger partial charge in [-0.2, -0.15) is 0 Å². The molecule has 0 aliphatic heterocycles. The fourth-order valence-corrected chi connectivity index (χ4v) is 1.76. The molecule has 0 aliphatic rings. The van der Waals surface area contributed by atoms with E-state index < -0.39 is 20.5 Å². The van der Waals surface area contributed by atoms with E-state index in [4.69, 9.17) is 9.63 Å². The van der Waals surface area contributed by atoms with Crippen molar-refractivity contribution in [1.29, 1.82) is 0 Å². The molecule has 2 atom stereocenters. The molecule has 0 fully saturated rings. The summed E-state index contributed by atoms with van der Waals surface area (Å²) in [5.74, 6) is -1.02. The molecular formula is C10H14NO4P. The van der Waals surface area contributed by atoms with Crippen LogP contribution in [0.2, 0.25) is 0 Å². The van der Waals surface area contributed by atoms with E-state index in [0.717, 1.165) is 5.56 Å². The molecule has 0 aromatic heterocycles. The first kappa shape index (κ1) is 13.1. The van der Waals surface area contributed by atoms with Crippen LogP contribution in [-0.2, 0) is 15.9 Å². The monoisotopic (exact) mass is 243 g/mol. The van der Waals surface area contributed by atoms with E-state index in [1.807, 2.05) is 30.3 Å². The van der Waals surface area contributed by atoms with Crippen molar-refractivity contribution in [3.63, 3.8) is 0 Å². The Hall–Kier alpha value is -1.00. The van der Waals surface area contributed by atoms with Crippen molar-refractivity contribution in [3.05, 3.63) is 35.9 Å². The Morgan fingerprint density at radius 1 is 1.50 bits per heavy atom. The van der Waals surface area contributed by atoms with Crippen molar-refractivity contribution in [2.75, 3.05) is 0 Å². The van der Waals surface area contributed by atoms with Crippen LogP contribution in [-0.4, -0.2) is 22.0 Å². The SMILES string of the molecule is CC(NP(O)OCc1ccccc1)C(=O)O. The molecule has 16 heavy (non-hydrogen) atoms. The summed E-state index contributed by atoms with van der Waals surface area (Å²) in [5.41, 5.74) is 0.925. The van der Waals surface area contributed by atoms with E-state index in [0.29, 0.717) is 0 Å². The lowest BCUT2D eigenvalue weighted by Crippen LogP contribution is -2.30. The Balaban J connectivity index is 2.30. The second-order valence-corrected chi connectivity index (χ2v) is 4.28. The fourth-order valence-electron chi connectivity index (χ4n) is 0.968. The molecule has 2 unspecified atom stereocenters. The summed E-state index contributed by atoms with van der Waals surface area (Å²) in [5, 5.41) is 11.0. The molecule has 0 radical (unpaired) electrons. The third-order valence-electron chi connectivity index (χ3n) is 1.87. The number of benzene rings is 1. The maximum Gasteiger partial charge on any atom is 0.320 e. The zero-order valence-electron chi connectivity index (χ0n) is 8.83. The fraction of sp³-hybridized carbons (Fsp3) is 0.300. The summed E-state index contributed by atoms with van der Waals surface area (Å²) in [7, 11) is -1.91. The minimum Gasteiger partial charge on any atom is -0.480 e. The van der Waals surface area contributed by atoms with Crippen molar-refractivity contribution in [2.45, 2.75) is 19.6 Å². The van der Waals surface area contributed by atoms with Crippen molar-refractivity contribution in [1.82, 2.24) is 5.09 Å². The van der Waals surface area contributed by atoms with Gasteiger partial charge in [0.05, 0.1) is 6.61 Å². The molecule has 5 nitrogen and oxygen atoms in total. The molecule has 1 aromatic rings. The molecule has 88 valence electrons. The maximum atomic E-state index is 10.5. The highest BCUT2D eigenvalue weighted by Gasteiger charge is 2.15. The summed E-state index contributed by atoms with van der Waals surface area (Å²) in [6.07, 6.45) is 0. The summed E-state index contributed by atoms with van der Waals surface area (Å²) >= 11 is 0. The first-order valence-electron chi connectivity index (χ1n) is 4.74. The highest BCUT2D eigenvalue weighted by atomic mass is 31.2. The van der Waals surface area contributed by atoms with Gasteiger partial charge in [-0.1, -0.05) is 30.3 Å². The average molecular weight is 243 g/mol. The third kappa shape index (κ3) is 4.68. The van der Waals surface area contributed by atoms with Gasteiger partial charge in [0.2, 0.25) is 0 Å². The molecule has 0 aliphatic carbocycles. The number of carboxylic acids is 1. The molecular weight excluding hydrogens is 229 g/mol. The molecule has 1 rings (SSSR count). The van der Waals surface area contributed by atoms with Gasteiger partial charge in [0.1, 0.15) is 6.04 Å². The number of hydrogen-bond donors (Lipinski definition) is 3. The van der Waals surface area contributed by atoms with Crippen LogP contribution in [0.15, 0.2) is 30.3 Å². The molecule has 0 bridgehead atoms. The topological polar surface area (TPSA) is 78.8 Å². The lowest BCUT2D eigenvalue weighted by atomic mass is 10.2. The Labute approximate surface area is 95.0 Å². The van der Waals surface area contributed by atoms with Crippen LogP contribution < -0.4 is 5.09 Å². The Bertz CT molecular complexity index is 333. The van der Waals surface area contributed by atoms with Crippen molar-refractivity contribution in [2.24, 2.45) is 0 Å². The first-order valence-corrected chi connectivity index (χ1v) is 5.95. The summed E-state index contributed by atoms with van der Waals surface area (Å²) < 4.78 is 5.09. The van der Waals surface area contributed by atoms with Gasteiger partial charge >= 0.3 is 5.97 Å². The molecule has 0 saturated carbocycles. The van der Waals surface area contributed by atoms with Crippen molar-refractivity contribution >= 4 is 14.5 Å². The largest absolute Gasteiger partial charge is 0.480 e. The van der Waals surface area contributed by atoms with Gasteiger partial charge in [-0.3, -0.25) is 4.79 Å². The molecule has 0 saturated heterocycles. The van der Waals surface area contributed by atoms with E-state index in [1.165, 1.54) is 6.92 Å². The number of nitrogens with one attached hydrogen (secondary N) is 1. The van der Waals surface area contributed by atoms with Gasteiger partial charge in [0.25, 0.3) is 8.53 Å². The summed E-state index contributed by atoms with van der Waals surface area (Å²) in [6.45, 7) is 1.70. The molecule has 3 N–H and O–H groups in total. The number of rotatable bonds is 6. The van der Waals surface area contributed by atoms with Gasteiger partial charge in [-0.05, 0) is 12.5 Å². The predicted octanol–water partition coefficient (Wildman–Crippen LogP) is 1.49. The maximum absolute atomic E-state index is 10.5.